The van der Waals surface area contributed by atoms with Crippen LogP contribution in [0.4, 0.5) is 0 Å². The number of hydrogen-bond acceptors (Lipinski definition) is 4. The van der Waals surface area contributed by atoms with Crippen LogP contribution in [-0.4, -0.2) is 28.6 Å². The summed E-state index contributed by atoms with van der Waals surface area (Å²) in [6, 6.07) is 2.56. The van der Waals surface area contributed by atoms with Crippen molar-refractivity contribution >= 4 is 17.7 Å². The van der Waals surface area contributed by atoms with Gasteiger partial charge in [0, 0.05) is 18.0 Å². The Morgan fingerprint density at radius 3 is 2.95 bits per heavy atom. The molecule has 0 radical (unpaired) electrons. The minimum absolute atomic E-state index is 0.0795. The van der Waals surface area contributed by atoms with E-state index in [0.717, 1.165) is 36.5 Å². The molecular formula is C15H24N2O2S. The standard InChI is InChI=1S/C15H24N2O2S/c1-4-12(2)17-8-5-13(16-17)10-20-11-15(6-7-15)9-14(18)19-3/h5,8,12H,4,6-7,9-11H2,1-3H3. The van der Waals surface area contributed by atoms with Gasteiger partial charge in [-0.05, 0) is 43.4 Å². The third kappa shape index (κ3) is 4.01. The molecule has 4 nitrogen and oxygen atoms in total. The van der Waals surface area contributed by atoms with Crippen molar-refractivity contribution in [2.75, 3.05) is 12.9 Å². The smallest absolute Gasteiger partial charge is 0.306 e. The van der Waals surface area contributed by atoms with Crippen LogP contribution in [0.25, 0.3) is 0 Å². The highest BCUT2D eigenvalue weighted by Gasteiger charge is 2.44. The van der Waals surface area contributed by atoms with Crippen LogP contribution < -0.4 is 0 Å². The van der Waals surface area contributed by atoms with Gasteiger partial charge in [0.05, 0.1) is 19.2 Å². The molecule has 1 aromatic heterocycles. The molecule has 0 aromatic carbocycles. The van der Waals surface area contributed by atoms with Gasteiger partial charge in [-0.15, -0.1) is 0 Å². The number of rotatable bonds is 8. The van der Waals surface area contributed by atoms with E-state index in [4.69, 9.17) is 4.74 Å². The normalized spacial score (nSPS) is 17.8. The van der Waals surface area contributed by atoms with E-state index >= 15 is 0 Å². The van der Waals surface area contributed by atoms with Gasteiger partial charge in [0.25, 0.3) is 0 Å². The van der Waals surface area contributed by atoms with Gasteiger partial charge < -0.3 is 4.74 Å². The molecule has 1 heterocycles. The Balaban J connectivity index is 1.76. The average molecular weight is 296 g/mol. The highest BCUT2D eigenvalue weighted by Crippen LogP contribution is 2.51. The molecule has 0 spiro atoms. The van der Waals surface area contributed by atoms with Crippen LogP contribution in [0, 0.1) is 5.41 Å². The SMILES string of the molecule is CCC(C)n1ccc(CSCC2(CC(=O)OC)CC2)n1. The number of carbonyl (C=O) groups is 1. The van der Waals surface area contributed by atoms with Crippen molar-refractivity contribution in [2.24, 2.45) is 5.41 Å². The number of aromatic nitrogens is 2. The van der Waals surface area contributed by atoms with E-state index in [2.05, 4.69) is 31.2 Å². The number of ether oxygens (including phenoxy) is 1. The molecule has 1 saturated carbocycles. The lowest BCUT2D eigenvalue weighted by atomic mass is 10.1. The average Bonchev–Trinajstić information content (AvgIpc) is 3.03. The third-order valence-electron chi connectivity index (χ3n) is 4.07. The number of thioether (sulfide) groups is 1. The summed E-state index contributed by atoms with van der Waals surface area (Å²) in [5, 5.41) is 4.60. The fourth-order valence-corrected chi connectivity index (χ4v) is 3.48. The van der Waals surface area contributed by atoms with Gasteiger partial charge in [-0.25, -0.2) is 0 Å². The van der Waals surface area contributed by atoms with Gasteiger partial charge in [0.2, 0.25) is 0 Å². The van der Waals surface area contributed by atoms with Crippen molar-refractivity contribution in [1.29, 1.82) is 0 Å². The first-order chi connectivity index (χ1) is 9.58. The maximum absolute atomic E-state index is 11.4. The molecule has 1 aromatic rings. The van der Waals surface area contributed by atoms with Crippen LogP contribution in [0.15, 0.2) is 12.3 Å². The fourth-order valence-electron chi connectivity index (χ4n) is 2.19. The van der Waals surface area contributed by atoms with E-state index in [1.165, 1.54) is 7.11 Å². The number of hydrogen-bond donors (Lipinski definition) is 0. The molecule has 2 rings (SSSR count). The van der Waals surface area contributed by atoms with Gasteiger partial charge in [-0.2, -0.15) is 16.9 Å². The van der Waals surface area contributed by atoms with Crippen molar-refractivity contribution in [3.8, 4) is 0 Å². The van der Waals surface area contributed by atoms with Gasteiger partial charge in [0.15, 0.2) is 0 Å². The molecule has 0 amide bonds. The fraction of sp³-hybridized carbons (Fsp3) is 0.733. The van der Waals surface area contributed by atoms with Crippen molar-refractivity contribution in [1.82, 2.24) is 9.78 Å². The Bertz CT molecular complexity index is 454. The first kappa shape index (κ1) is 15.4. The summed E-state index contributed by atoms with van der Waals surface area (Å²) >= 11 is 1.88. The molecule has 20 heavy (non-hydrogen) atoms. The Morgan fingerprint density at radius 1 is 1.60 bits per heavy atom. The third-order valence-corrected chi connectivity index (χ3v) is 5.38. The monoisotopic (exact) mass is 296 g/mol. The van der Waals surface area contributed by atoms with E-state index in [-0.39, 0.29) is 11.4 Å². The lowest BCUT2D eigenvalue weighted by Gasteiger charge is -2.12. The maximum atomic E-state index is 11.4. The van der Waals surface area contributed by atoms with Crippen LogP contribution in [0.2, 0.25) is 0 Å². The van der Waals surface area contributed by atoms with Crippen LogP contribution in [0.1, 0.15) is 51.3 Å². The topological polar surface area (TPSA) is 44.1 Å². The predicted octanol–water partition coefficient (Wildman–Crippen LogP) is 3.43. The van der Waals surface area contributed by atoms with Crippen LogP contribution in [0.3, 0.4) is 0 Å². The molecule has 112 valence electrons. The molecule has 0 bridgehead atoms. The summed E-state index contributed by atoms with van der Waals surface area (Å²) in [5.74, 6) is 1.87. The van der Waals surface area contributed by atoms with E-state index in [1.54, 1.807) is 0 Å². The van der Waals surface area contributed by atoms with E-state index < -0.39 is 0 Å². The summed E-state index contributed by atoms with van der Waals surface area (Å²) in [7, 11) is 1.47. The number of methoxy groups -OCH3 is 1. The molecule has 0 N–H and O–H groups in total. The van der Waals surface area contributed by atoms with E-state index in [9.17, 15) is 4.79 Å². The van der Waals surface area contributed by atoms with Gasteiger partial charge in [-0.3, -0.25) is 9.48 Å². The molecule has 1 aliphatic carbocycles. The Morgan fingerprint density at radius 2 is 2.35 bits per heavy atom. The van der Waals surface area contributed by atoms with E-state index in [0.29, 0.717) is 12.5 Å². The van der Waals surface area contributed by atoms with Crippen molar-refractivity contribution in [2.45, 2.75) is 51.3 Å². The number of carbonyl (C=O) groups excluding carboxylic acids is 1. The molecule has 0 aliphatic heterocycles. The highest BCUT2D eigenvalue weighted by atomic mass is 32.2. The molecule has 1 aliphatic rings. The van der Waals surface area contributed by atoms with Crippen molar-refractivity contribution in [3.05, 3.63) is 18.0 Å². The van der Waals surface area contributed by atoms with Gasteiger partial charge in [-0.1, -0.05) is 6.92 Å². The molecule has 1 unspecified atom stereocenters. The molecule has 5 heteroatoms. The van der Waals surface area contributed by atoms with E-state index in [1.807, 2.05) is 16.4 Å². The van der Waals surface area contributed by atoms with Gasteiger partial charge in [0.1, 0.15) is 0 Å². The number of nitrogens with zero attached hydrogens (tertiary/aromatic N) is 2. The lowest BCUT2D eigenvalue weighted by molar-refractivity contribution is -0.141. The largest absolute Gasteiger partial charge is 0.469 e. The minimum atomic E-state index is -0.0795. The lowest BCUT2D eigenvalue weighted by Crippen LogP contribution is -2.13. The summed E-state index contributed by atoms with van der Waals surface area (Å²) < 4.78 is 6.81. The van der Waals surface area contributed by atoms with Crippen molar-refractivity contribution in [3.63, 3.8) is 0 Å². The highest BCUT2D eigenvalue weighted by molar-refractivity contribution is 7.98. The second-order valence-electron chi connectivity index (χ2n) is 5.79. The zero-order valence-corrected chi connectivity index (χ0v) is 13.4. The minimum Gasteiger partial charge on any atom is -0.469 e. The van der Waals surface area contributed by atoms with Crippen molar-refractivity contribution < 1.29 is 9.53 Å². The second kappa shape index (κ2) is 6.66. The predicted molar refractivity (Wildman–Crippen MR) is 81.7 cm³/mol. The van der Waals surface area contributed by atoms with Crippen LogP contribution in [0.5, 0.6) is 0 Å². The van der Waals surface area contributed by atoms with Gasteiger partial charge >= 0.3 is 5.97 Å². The maximum Gasteiger partial charge on any atom is 0.306 e. The summed E-state index contributed by atoms with van der Waals surface area (Å²) in [5.41, 5.74) is 1.33. The summed E-state index contributed by atoms with van der Waals surface area (Å²) in [6.45, 7) is 4.35. The Kier molecular flexibility index (Phi) is 5.13. The Labute approximate surface area is 125 Å². The quantitative estimate of drug-likeness (QED) is 0.689. The molecular weight excluding hydrogens is 272 g/mol. The van der Waals surface area contributed by atoms with Crippen LogP contribution in [-0.2, 0) is 15.3 Å². The second-order valence-corrected chi connectivity index (χ2v) is 6.78. The Hall–Kier alpha value is -0.970. The first-order valence-corrected chi connectivity index (χ1v) is 8.42. The molecule has 1 fully saturated rings. The van der Waals surface area contributed by atoms with Crippen LogP contribution >= 0.6 is 11.8 Å². The zero-order chi connectivity index (χ0) is 14.6. The molecule has 0 saturated heterocycles. The summed E-state index contributed by atoms with van der Waals surface area (Å²) in [4.78, 5) is 11.4. The number of esters is 1. The summed E-state index contributed by atoms with van der Waals surface area (Å²) in [6.07, 6.45) is 6.02. The zero-order valence-electron chi connectivity index (χ0n) is 12.6. The molecule has 1 atom stereocenters. The first-order valence-electron chi connectivity index (χ1n) is 7.27.